The number of rotatable bonds is 0. The minimum Gasteiger partial charge on any atom is -0.504 e. The first-order chi connectivity index (χ1) is 10.1. The van der Waals surface area contributed by atoms with Gasteiger partial charge in [-0.25, -0.2) is 4.39 Å². The van der Waals surface area contributed by atoms with Crippen molar-refractivity contribution in [2.24, 2.45) is 0 Å². The van der Waals surface area contributed by atoms with Gasteiger partial charge in [-0.2, -0.15) is 0 Å². The summed E-state index contributed by atoms with van der Waals surface area (Å²) >= 11 is 0. The van der Waals surface area contributed by atoms with Gasteiger partial charge in [0.1, 0.15) is 5.82 Å². The third-order valence-corrected chi connectivity index (χ3v) is 4.76. The van der Waals surface area contributed by atoms with Gasteiger partial charge in [-0.3, -0.25) is 4.90 Å². The van der Waals surface area contributed by atoms with Gasteiger partial charge in [0.05, 0.1) is 0 Å². The summed E-state index contributed by atoms with van der Waals surface area (Å²) in [5.41, 5.74) is 4.36. The highest BCUT2D eigenvalue weighted by molar-refractivity contribution is 5.82. The molecule has 1 atom stereocenters. The Balaban J connectivity index is 2.08. The number of hydrogen-bond acceptors (Lipinski definition) is 3. The van der Waals surface area contributed by atoms with E-state index in [0.717, 1.165) is 41.6 Å². The smallest absolute Gasteiger partial charge is 0.165 e. The van der Waals surface area contributed by atoms with E-state index in [1.54, 1.807) is 6.07 Å². The second-order valence-corrected chi connectivity index (χ2v) is 5.94. The van der Waals surface area contributed by atoms with Crippen LogP contribution in [-0.4, -0.2) is 28.7 Å². The number of phenolic OH excluding ortho intramolecular Hbond substituents is 2. The van der Waals surface area contributed by atoms with Crippen molar-refractivity contribution >= 4 is 0 Å². The second kappa shape index (κ2) is 4.21. The summed E-state index contributed by atoms with van der Waals surface area (Å²) in [6.45, 7) is 0.903. The summed E-state index contributed by atoms with van der Waals surface area (Å²) < 4.78 is 14.0. The van der Waals surface area contributed by atoms with Crippen LogP contribution in [0.2, 0.25) is 0 Å². The summed E-state index contributed by atoms with van der Waals surface area (Å²) in [6.07, 6.45) is 1.58. The molecule has 1 unspecified atom stereocenters. The molecule has 0 radical (unpaired) electrons. The molecule has 2 N–H and O–H groups in total. The molecule has 108 valence electrons. The van der Waals surface area contributed by atoms with Crippen LogP contribution in [0.4, 0.5) is 4.39 Å². The van der Waals surface area contributed by atoms with Gasteiger partial charge in [-0.15, -0.1) is 0 Å². The number of aromatic hydroxyl groups is 2. The van der Waals surface area contributed by atoms with E-state index in [2.05, 4.69) is 11.9 Å². The molecule has 2 aromatic carbocycles. The van der Waals surface area contributed by atoms with Crippen LogP contribution in [0.15, 0.2) is 24.3 Å². The number of hydrogen-bond donors (Lipinski definition) is 2. The van der Waals surface area contributed by atoms with E-state index in [0.29, 0.717) is 5.56 Å². The van der Waals surface area contributed by atoms with Crippen molar-refractivity contribution in [3.05, 3.63) is 46.8 Å². The minimum absolute atomic E-state index is 0.146. The third-order valence-electron chi connectivity index (χ3n) is 4.76. The van der Waals surface area contributed by atoms with Crippen LogP contribution < -0.4 is 0 Å². The molecule has 4 heteroatoms. The average molecular weight is 285 g/mol. The lowest BCUT2D eigenvalue weighted by atomic mass is 9.77. The predicted molar refractivity (Wildman–Crippen MR) is 77.9 cm³/mol. The fourth-order valence-electron chi connectivity index (χ4n) is 3.71. The molecule has 0 aromatic heterocycles. The zero-order valence-corrected chi connectivity index (χ0v) is 11.7. The van der Waals surface area contributed by atoms with E-state index < -0.39 is 0 Å². The summed E-state index contributed by atoms with van der Waals surface area (Å²) in [6, 6.07) is 6.61. The number of fused-ring (bicyclic) bond motifs is 2. The van der Waals surface area contributed by atoms with Crippen LogP contribution in [0.25, 0.3) is 11.1 Å². The fourth-order valence-corrected chi connectivity index (χ4v) is 3.71. The highest BCUT2D eigenvalue weighted by Crippen LogP contribution is 2.50. The Morgan fingerprint density at radius 1 is 1.19 bits per heavy atom. The van der Waals surface area contributed by atoms with E-state index in [1.165, 1.54) is 12.1 Å². The zero-order valence-electron chi connectivity index (χ0n) is 11.7. The van der Waals surface area contributed by atoms with Crippen LogP contribution in [0.3, 0.4) is 0 Å². The van der Waals surface area contributed by atoms with Crippen molar-refractivity contribution < 1.29 is 14.6 Å². The molecular formula is C17H16FNO2. The Labute approximate surface area is 122 Å². The molecule has 4 rings (SSSR count). The summed E-state index contributed by atoms with van der Waals surface area (Å²) in [4.78, 5) is 2.27. The zero-order chi connectivity index (χ0) is 14.7. The molecule has 0 spiro atoms. The fraction of sp³-hybridized carbons (Fsp3) is 0.294. The van der Waals surface area contributed by atoms with E-state index in [1.807, 2.05) is 6.07 Å². The number of phenols is 2. The van der Waals surface area contributed by atoms with Crippen LogP contribution in [0.5, 0.6) is 11.5 Å². The molecular weight excluding hydrogens is 269 g/mol. The van der Waals surface area contributed by atoms with Crippen molar-refractivity contribution in [3.8, 4) is 22.6 Å². The maximum absolute atomic E-state index is 14.0. The predicted octanol–water partition coefficient (Wildman–Crippen LogP) is 2.99. The van der Waals surface area contributed by atoms with Gasteiger partial charge >= 0.3 is 0 Å². The molecule has 3 nitrogen and oxygen atoms in total. The SMILES string of the molecule is CN1CCc2cc(F)cc3c2C1Cc1ccc(O)c(O)c1-3. The van der Waals surface area contributed by atoms with E-state index in [4.69, 9.17) is 0 Å². The molecule has 0 bridgehead atoms. The molecule has 1 aliphatic carbocycles. The number of halogens is 1. The molecule has 2 aliphatic rings. The maximum atomic E-state index is 14.0. The van der Waals surface area contributed by atoms with Crippen molar-refractivity contribution in [2.45, 2.75) is 18.9 Å². The first kappa shape index (κ1) is 12.7. The molecule has 0 fully saturated rings. The van der Waals surface area contributed by atoms with Crippen molar-refractivity contribution in [1.29, 1.82) is 0 Å². The van der Waals surface area contributed by atoms with Gasteiger partial charge in [-0.05, 0) is 60.3 Å². The highest BCUT2D eigenvalue weighted by Gasteiger charge is 2.34. The highest BCUT2D eigenvalue weighted by atomic mass is 19.1. The molecule has 1 aliphatic heterocycles. The standard InChI is InChI=1S/C17H16FNO2/c1-19-5-4-10-6-11(18)8-12-15(10)13(19)7-9-2-3-14(20)17(21)16(9)12/h2-3,6,8,13,20-21H,4-5,7H2,1H3. The first-order valence-corrected chi connectivity index (χ1v) is 7.13. The van der Waals surface area contributed by atoms with Crippen LogP contribution in [-0.2, 0) is 12.8 Å². The third kappa shape index (κ3) is 1.69. The van der Waals surface area contributed by atoms with Gasteiger partial charge in [0.2, 0.25) is 0 Å². The lowest BCUT2D eigenvalue weighted by Crippen LogP contribution is -2.35. The average Bonchev–Trinajstić information content (AvgIpc) is 2.46. The largest absolute Gasteiger partial charge is 0.504 e. The quantitative estimate of drug-likeness (QED) is 0.731. The van der Waals surface area contributed by atoms with Gasteiger partial charge in [-0.1, -0.05) is 6.07 Å². The summed E-state index contributed by atoms with van der Waals surface area (Å²) in [5.74, 6) is -0.594. The number of likely N-dealkylation sites (N-methyl/N-ethyl adjacent to an activating group) is 1. The Bertz CT molecular complexity index is 757. The van der Waals surface area contributed by atoms with E-state index in [9.17, 15) is 14.6 Å². The number of benzene rings is 2. The van der Waals surface area contributed by atoms with Gasteiger partial charge in [0.25, 0.3) is 0 Å². The topological polar surface area (TPSA) is 43.7 Å². The molecule has 0 saturated heterocycles. The maximum Gasteiger partial charge on any atom is 0.165 e. The van der Waals surface area contributed by atoms with Crippen LogP contribution in [0, 0.1) is 5.82 Å². The normalized spacial score (nSPS) is 20.0. The Kier molecular flexibility index (Phi) is 2.54. The van der Waals surface area contributed by atoms with Crippen molar-refractivity contribution in [1.82, 2.24) is 4.90 Å². The van der Waals surface area contributed by atoms with Crippen LogP contribution in [0.1, 0.15) is 22.7 Å². The molecule has 0 saturated carbocycles. The van der Waals surface area contributed by atoms with E-state index >= 15 is 0 Å². The second-order valence-electron chi connectivity index (χ2n) is 5.94. The van der Waals surface area contributed by atoms with Gasteiger partial charge < -0.3 is 10.2 Å². The molecule has 21 heavy (non-hydrogen) atoms. The lowest BCUT2D eigenvalue weighted by molar-refractivity contribution is 0.227. The monoisotopic (exact) mass is 285 g/mol. The van der Waals surface area contributed by atoms with Crippen LogP contribution >= 0.6 is 0 Å². The Morgan fingerprint density at radius 3 is 2.81 bits per heavy atom. The molecule has 1 heterocycles. The van der Waals surface area contributed by atoms with Gasteiger partial charge in [0.15, 0.2) is 11.5 Å². The van der Waals surface area contributed by atoms with Gasteiger partial charge in [0, 0.05) is 18.2 Å². The number of nitrogens with zero attached hydrogens (tertiary/aromatic N) is 1. The lowest BCUT2D eigenvalue weighted by Gasteiger charge is -2.39. The minimum atomic E-state index is -0.289. The summed E-state index contributed by atoms with van der Waals surface area (Å²) in [5, 5.41) is 20.0. The first-order valence-electron chi connectivity index (χ1n) is 7.13. The summed E-state index contributed by atoms with van der Waals surface area (Å²) in [7, 11) is 2.08. The Morgan fingerprint density at radius 2 is 2.00 bits per heavy atom. The Hall–Kier alpha value is -2.07. The van der Waals surface area contributed by atoms with E-state index in [-0.39, 0.29) is 23.4 Å². The molecule has 2 aromatic rings. The van der Waals surface area contributed by atoms with Crippen molar-refractivity contribution in [3.63, 3.8) is 0 Å². The van der Waals surface area contributed by atoms with Crippen molar-refractivity contribution in [2.75, 3.05) is 13.6 Å². The molecule has 0 amide bonds.